The zero-order valence-electron chi connectivity index (χ0n) is 18.4. The van der Waals surface area contributed by atoms with E-state index in [0.717, 1.165) is 60.8 Å². The summed E-state index contributed by atoms with van der Waals surface area (Å²) in [6.07, 6.45) is 3.25. The Hall–Kier alpha value is -2.31. The Balaban J connectivity index is 1.45. The Morgan fingerprint density at radius 2 is 2.06 bits per heavy atom. The van der Waals surface area contributed by atoms with Crippen molar-refractivity contribution in [3.05, 3.63) is 59.4 Å². The van der Waals surface area contributed by atoms with E-state index in [1.54, 1.807) is 0 Å². The maximum atomic E-state index is 12.7. The van der Waals surface area contributed by atoms with Gasteiger partial charge in [-0.2, -0.15) is 0 Å². The normalized spacial score (nSPS) is 16.5. The summed E-state index contributed by atoms with van der Waals surface area (Å²) in [7, 11) is 0. The number of amides is 1. The van der Waals surface area contributed by atoms with Crippen LogP contribution in [0.2, 0.25) is 0 Å². The van der Waals surface area contributed by atoms with Crippen LogP contribution in [0.5, 0.6) is 0 Å². The van der Waals surface area contributed by atoms with Gasteiger partial charge in [0.1, 0.15) is 5.82 Å². The average molecular weight is 438 g/mol. The summed E-state index contributed by atoms with van der Waals surface area (Å²) in [4.78, 5) is 18.9. The van der Waals surface area contributed by atoms with Crippen LogP contribution in [-0.2, 0) is 24.2 Å². The van der Waals surface area contributed by atoms with Gasteiger partial charge in [-0.1, -0.05) is 19.1 Å². The van der Waals surface area contributed by atoms with Gasteiger partial charge in [0.15, 0.2) is 0 Å². The fourth-order valence-electron chi connectivity index (χ4n) is 4.21. The molecule has 164 valence electrons. The van der Waals surface area contributed by atoms with Crippen LogP contribution in [0.25, 0.3) is 11.0 Å². The number of ether oxygens (including phenoxy) is 1. The van der Waals surface area contributed by atoms with Crippen LogP contribution < -0.4 is 5.32 Å². The van der Waals surface area contributed by atoms with Crippen molar-refractivity contribution in [2.24, 2.45) is 5.92 Å². The average Bonchev–Trinajstić information content (AvgIpc) is 3.15. The maximum Gasteiger partial charge on any atom is 0.251 e. The van der Waals surface area contributed by atoms with Gasteiger partial charge in [0, 0.05) is 43.2 Å². The summed E-state index contributed by atoms with van der Waals surface area (Å²) >= 11 is 1.82. The molecule has 2 heterocycles. The van der Waals surface area contributed by atoms with Crippen LogP contribution in [0.1, 0.15) is 48.4 Å². The minimum Gasteiger partial charge on any atom is -0.381 e. The van der Waals surface area contributed by atoms with Crippen LogP contribution in [0.3, 0.4) is 0 Å². The zero-order valence-corrected chi connectivity index (χ0v) is 19.2. The molecule has 0 spiro atoms. The molecule has 5 nitrogen and oxygen atoms in total. The van der Waals surface area contributed by atoms with Gasteiger partial charge in [0.2, 0.25) is 0 Å². The second kappa shape index (κ2) is 10.3. The number of fused-ring (bicyclic) bond motifs is 1. The summed E-state index contributed by atoms with van der Waals surface area (Å²) in [5.74, 6) is 2.61. The summed E-state index contributed by atoms with van der Waals surface area (Å²) in [5, 5.41) is 3.04. The number of carbonyl (C=O) groups excluding carboxylic acids is 1. The van der Waals surface area contributed by atoms with Crippen LogP contribution in [0, 0.1) is 5.92 Å². The summed E-state index contributed by atoms with van der Waals surface area (Å²) < 4.78 is 7.91. The highest BCUT2D eigenvalue weighted by molar-refractivity contribution is 7.99. The van der Waals surface area contributed by atoms with Gasteiger partial charge >= 0.3 is 0 Å². The summed E-state index contributed by atoms with van der Waals surface area (Å²) in [5.41, 5.74) is 3.73. The smallest absolute Gasteiger partial charge is 0.251 e. The van der Waals surface area contributed by atoms with Crippen molar-refractivity contribution in [1.82, 2.24) is 14.9 Å². The number of carbonyl (C=O) groups is 1. The maximum absolute atomic E-state index is 12.7. The summed E-state index contributed by atoms with van der Waals surface area (Å²) in [6.45, 7) is 7.38. The minimum atomic E-state index is -0.0674. The molecule has 4 rings (SSSR count). The molecule has 0 bridgehead atoms. The van der Waals surface area contributed by atoms with Crippen LogP contribution in [0.4, 0.5) is 0 Å². The third-order valence-corrected chi connectivity index (χ3v) is 6.71. The standard InChI is InChI=1S/C25H31N3O2S/c1-3-28-23-12-9-20(15-22(23)27-24(28)14-19-6-5-13-30-17-19)25(29)26-16-18-7-10-21(11-8-18)31-4-2/h7-12,15,19H,3-6,13-14,16-17H2,1-2H3,(H,26,29). The van der Waals surface area contributed by atoms with E-state index >= 15 is 0 Å². The van der Waals surface area contributed by atoms with Crippen LogP contribution in [-0.4, -0.2) is 34.4 Å². The lowest BCUT2D eigenvalue weighted by atomic mass is 9.98. The number of nitrogens with one attached hydrogen (secondary N) is 1. The van der Waals surface area contributed by atoms with E-state index in [0.29, 0.717) is 18.0 Å². The molecular formula is C25H31N3O2S. The Morgan fingerprint density at radius 3 is 2.77 bits per heavy atom. The number of thioether (sulfide) groups is 1. The first-order chi connectivity index (χ1) is 15.2. The Kier molecular flexibility index (Phi) is 7.30. The molecule has 1 fully saturated rings. The number of hydrogen-bond acceptors (Lipinski definition) is 4. The molecule has 0 saturated carbocycles. The van der Waals surface area contributed by atoms with Crippen LogP contribution >= 0.6 is 11.8 Å². The van der Waals surface area contributed by atoms with E-state index in [-0.39, 0.29) is 5.91 Å². The first-order valence-corrected chi connectivity index (χ1v) is 12.2. The minimum absolute atomic E-state index is 0.0674. The molecule has 0 aliphatic carbocycles. The number of imidazole rings is 1. The van der Waals surface area contributed by atoms with Crippen molar-refractivity contribution < 1.29 is 9.53 Å². The summed E-state index contributed by atoms with van der Waals surface area (Å²) in [6, 6.07) is 14.2. The van der Waals surface area contributed by atoms with Crippen molar-refractivity contribution in [1.29, 1.82) is 0 Å². The quantitative estimate of drug-likeness (QED) is 0.500. The molecule has 1 N–H and O–H groups in total. The predicted molar refractivity (Wildman–Crippen MR) is 127 cm³/mol. The Morgan fingerprint density at radius 1 is 1.23 bits per heavy atom. The molecule has 31 heavy (non-hydrogen) atoms. The van der Waals surface area contributed by atoms with Gasteiger partial charge in [-0.15, -0.1) is 11.8 Å². The monoisotopic (exact) mass is 437 g/mol. The van der Waals surface area contributed by atoms with Gasteiger partial charge in [-0.25, -0.2) is 4.98 Å². The number of rotatable bonds is 8. The first kappa shape index (κ1) is 21.9. The number of benzene rings is 2. The van der Waals surface area contributed by atoms with Gasteiger partial charge in [-0.05, 0) is 67.3 Å². The van der Waals surface area contributed by atoms with Gasteiger partial charge < -0.3 is 14.6 Å². The molecule has 1 aliphatic rings. The third-order valence-electron chi connectivity index (χ3n) is 5.82. The number of hydrogen-bond donors (Lipinski definition) is 1. The first-order valence-electron chi connectivity index (χ1n) is 11.2. The van der Waals surface area contributed by atoms with E-state index in [1.165, 1.54) is 11.3 Å². The molecule has 2 aromatic carbocycles. The number of nitrogens with zero attached hydrogens (tertiary/aromatic N) is 2. The highest BCUT2D eigenvalue weighted by Gasteiger charge is 2.19. The van der Waals surface area contributed by atoms with E-state index in [1.807, 2.05) is 30.0 Å². The molecule has 1 aliphatic heterocycles. The van der Waals surface area contributed by atoms with Crippen molar-refractivity contribution in [2.75, 3.05) is 19.0 Å². The van der Waals surface area contributed by atoms with E-state index < -0.39 is 0 Å². The molecular weight excluding hydrogens is 406 g/mol. The number of aryl methyl sites for hydroxylation is 1. The van der Waals surface area contributed by atoms with Gasteiger partial charge in [0.25, 0.3) is 5.91 Å². The van der Waals surface area contributed by atoms with Crippen LogP contribution in [0.15, 0.2) is 47.4 Å². The van der Waals surface area contributed by atoms with Crippen molar-refractivity contribution in [2.45, 2.75) is 51.1 Å². The number of aromatic nitrogens is 2. The molecule has 1 unspecified atom stereocenters. The molecule has 6 heteroatoms. The highest BCUT2D eigenvalue weighted by Crippen LogP contribution is 2.23. The predicted octanol–water partition coefficient (Wildman–Crippen LogP) is 5.07. The fraction of sp³-hybridized carbons (Fsp3) is 0.440. The largest absolute Gasteiger partial charge is 0.381 e. The van der Waals surface area contributed by atoms with Gasteiger partial charge in [-0.3, -0.25) is 4.79 Å². The second-order valence-corrected chi connectivity index (χ2v) is 9.36. The lowest BCUT2D eigenvalue weighted by Gasteiger charge is -2.21. The van der Waals surface area contributed by atoms with Crippen molar-refractivity contribution in [3.8, 4) is 0 Å². The van der Waals surface area contributed by atoms with E-state index in [9.17, 15) is 4.79 Å². The van der Waals surface area contributed by atoms with Crippen molar-refractivity contribution in [3.63, 3.8) is 0 Å². The van der Waals surface area contributed by atoms with Crippen molar-refractivity contribution >= 4 is 28.7 Å². The van der Waals surface area contributed by atoms with E-state index in [2.05, 4.69) is 48.0 Å². The lowest BCUT2D eigenvalue weighted by molar-refractivity contribution is 0.0540. The molecule has 1 saturated heterocycles. The molecule has 1 amide bonds. The molecule has 3 aromatic rings. The SMILES string of the molecule is CCSc1ccc(CNC(=O)c2ccc3c(c2)nc(CC2CCCOC2)n3CC)cc1. The Labute approximate surface area is 188 Å². The lowest BCUT2D eigenvalue weighted by Crippen LogP contribution is -2.22. The second-order valence-electron chi connectivity index (χ2n) is 8.02. The zero-order chi connectivity index (χ0) is 21.6. The molecule has 1 atom stereocenters. The van der Waals surface area contributed by atoms with E-state index in [4.69, 9.17) is 9.72 Å². The molecule has 0 radical (unpaired) electrons. The highest BCUT2D eigenvalue weighted by atomic mass is 32.2. The molecule has 1 aromatic heterocycles. The topological polar surface area (TPSA) is 56.1 Å². The van der Waals surface area contributed by atoms with Gasteiger partial charge in [0.05, 0.1) is 11.0 Å². The third kappa shape index (κ3) is 5.31. The Bertz CT molecular complexity index is 1020. The fourth-order valence-corrected chi connectivity index (χ4v) is 4.87.